The van der Waals surface area contributed by atoms with Crippen LogP contribution in [0.4, 0.5) is 11.4 Å². The first kappa shape index (κ1) is 23.0. The minimum atomic E-state index is -3.59. The van der Waals surface area contributed by atoms with Crippen molar-refractivity contribution < 1.29 is 27.5 Å². The van der Waals surface area contributed by atoms with E-state index >= 15 is 0 Å². The van der Waals surface area contributed by atoms with Crippen molar-refractivity contribution in [3.8, 4) is 11.5 Å². The molecule has 0 aliphatic rings. The molecule has 0 atom stereocenters. The SMILES string of the molecule is COc1ccc(CCNC(=O)c2cc(NC(C)=O)ccc2NS(C)(=O)=O)cc1OC. The molecule has 0 saturated carbocycles. The Morgan fingerprint density at radius 1 is 1.00 bits per heavy atom. The van der Waals surface area contributed by atoms with Gasteiger partial charge in [-0.2, -0.15) is 0 Å². The maximum Gasteiger partial charge on any atom is 0.253 e. The van der Waals surface area contributed by atoms with Gasteiger partial charge in [-0.05, 0) is 42.3 Å². The van der Waals surface area contributed by atoms with Gasteiger partial charge in [0.25, 0.3) is 5.91 Å². The lowest BCUT2D eigenvalue weighted by Crippen LogP contribution is -2.27. The van der Waals surface area contributed by atoms with Gasteiger partial charge in [-0.25, -0.2) is 8.42 Å². The molecule has 0 radical (unpaired) electrons. The number of sulfonamides is 1. The first-order valence-corrected chi connectivity index (χ1v) is 10.9. The Kier molecular flexibility index (Phi) is 7.65. The number of rotatable bonds is 9. The number of hydrogen-bond acceptors (Lipinski definition) is 6. The van der Waals surface area contributed by atoms with Crippen LogP contribution in [0.5, 0.6) is 11.5 Å². The first-order valence-electron chi connectivity index (χ1n) is 9.01. The van der Waals surface area contributed by atoms with Gasteiger partial charge >= 0.3 is 0 Å². The Balaban J connectivity index is 2.15. The van der Waals surface area contributed by atoms with Gasteiger partial charge in [0, 0.05) is 19.2 Å². The summed E-state index contributed by atoms with van der Waals surface area (Å²) in [5, 5.41) is 5.34. The van der Waals surface area contributed by atoms with Gasteiger partial charge < -0.3 is 20.1 Å². The van der Waals surface area contributed by atoms with E-state index in [0.29, 0.717) is 30.2 Å². The van der Waals surface area contributed by atoms with Crippen LogP contribution in [0.1, 0.15) is 22.8 Å². The van der Waals surface area contributed by atoms with E-state index in [2.05, 4.69) is 15.4 Å². The molecule has 0 heterocycles. The zero-order valence-electron chi connectivity index (χ0n) is 17.2. The van der Waals surface area contributed by atoms with E-state index in [4.69, 9.17) is 9.47 Å². The molecule has 0 bridgehead atoms. The van der Waals surface area contributed by atoms with Crippen LogP contribution in [-0.2, 0) is 21.2 Å². The highest BCUT2D eigenvalue weighted by molar-refractivity contribution is 7.92. The van der Waals surface area contributed by atoms with Gasteiger partial charge in [-0.1, -0.05) is 6.07 Å². The van der Waals surface area contributed by atoms with Crippen LogP contribution in [0.2, 0.25) is 0 Å². The lowest BCUT2D eigenvalue weighted by atomic mass is 10.1. The second kappa shape index (κ2) is 9.97. The fraction of sp³-hybridized carbons (Fsp3) is 0.300. The molecule has 0 unspecified atom stereocenters. The van der Waals surface area contributed by atoms with Crippen LogP contribution in [-0.4, -0.2) is 47.3 Å². The number of hydrogen-bond donors (Lipinski definition) is 3. The Morgan fingerprint density at radius 2 is 1.70 bits per heavy atom. The van der Waals surface area contributed by atoms with Crippen LogP contribution in [0.25, 0.3) is 0 Å². The van der Waals surface area contributed by atoms with Crippen LogP contribution < -0.4 is 24.8 Å². The molecule has 30 heavy (non-hydrogen) atoms. The summed E-state index contributed by atoms with van der Waals surface area (Å²) in [4.78, 5) is 24.0. The van der Waals surface area contributed by atoms with E-state index in [9.17, 15) is 18.0 Å². The van der Waals surface area contributed by atoms with Crippen LogP contribution in [0.15, 0.2) is 36.4 Å². The van der Waals surface area contributed by atoms with Crippen molar-refractivity contribution in [2.24, 2.45) is 0 Å². The summed E-state index contributed by atoms with van der Waals surface area (Å²) in [6.07, 6.45) is 1.51. The summed E-state index contributed by atoms with van der Waals surface area (Å²) in [5.74, 6) is 0.410. The predicted molar refractivity (Wildman–Crippen MR) is 115 cm³/mol. The maximum atomic E-state index is 12.7. The lowest BCUT2D eigenvalue weighted by molar-refractivity contribution is -0.114. The molecule has 2 aromatic rings. The minimum absolute atomic E-state index is 0.0963. The van der Waals surface area contributed by atoms with Gasteiger partial charge in [-0.15, -0.1) is 0 Å². The second-order valence-electron chi connectivity index (χ2n) is 6.51. The topological polar surface area (TPSA) is 123 Å². The molecule has 0 saturated heterocycles. The quantitative estimate of drug-likeness (QED) is 0.554. The smallest absolute Gasteiger partial charge is 0.253 e. The molecule has 0 aliphatic heterocycles. The molecular formula is C20H25N3O6S. The van der Waals surface area contributed by atoms with Gasteiger partial charge in [-0.3, -0.25) is 14.3 Å². The summed E-state index contributed by atoms with van der Waals surface area (Å²) in [7, 11) is -0.496. The molecule has 3 N–H and O–H groups in total. The molecular weight excluding hydrogens is 410 g/mol. The highest BCUT2D eigenvalue weighted by Crippen LogP contribution is 2.27. The van der Waals surface area contributed by atoms with Crippen molar-refractivity contribution in [3.05, 3.63) is 47.5 Å². The molecule has 9 nitrogen and oxygen atoms in total. The Bertz CT molecular complexity index is 1040. The van der Waals surface area contributed by atoms with Crippen molar-refractivity contribution >= 4 is 33.2 Å². The molecule has 0 spiro atoms. The fourth-order valence-corrected chi connectivity index (χ4v) is 3.33. The fourth-order valence-electron chi connectivity index (χ4n) is 2.75. The van der Waals surface area contributed by atoms with Crippen molar-refractivity contribution in [2.75, 3.05) is 37.1 Å². The van der Waals surface area contributed by atoms with Crippen LogP contribution in [0, 0.1) is 0 Å². The van der Waals surface area contributed by atoms with Gasteiger partial charge in [0.1, 0.15) is 0 Å². The highest BCUT2D eigenvalue weighted by Gasteiger charge is 2.16. The summed E-state index contributed by atoms with van der Waals surface area (Å²) < 4.78 is 36.0. The minimum Gasteiger partial charge on any atom is -0.493 e. The Hall–Kier alpha value is -3.27. The number of methoxy groups -OCH3 is 2. The summed E-state index contributed by atoms with van der Waals surface area (Å²) >= 11 is 0. The van der Waals surface area contributed by atoms with Crippen LogP contribution >= 0.6 is 0 Å². The Morgan fingerprint density at radius 3 is 2.30 bits per heavy atom. The molecule has 0 aromatic heterocycles. The number of nitrogens with one attached hydrogen (secondary N) is 3. The monoisotopic (exact) mass is 435 g/mol. The number of amides is 2. The number of anilines is 2. The van der Waals surface area contributed by atoms with Crippen molar-refractivity contribution in [2.45, 2.75) is 13.3 Å². The molecule has 10 heteroatoms. The standard InChI is InChI=1S/C20H25N3O6S/c1-13(24)22-15-6-7-17(23-30(4,26)27)16(12-15)20(25)21-10-9-14-5-8-18(28-2)19(11-14)29-3/h5-8,11-12,23H,9-10H2,1-4H3,(H,21,25)(H,22,24). The van der Waals surface area contributed by atoms with E-state index < -0.39 is 15.9 Å². The average molecular weight is 436 g/mol. The van der Waals surface area contributed by atoms with Crippen LogP contribution in [0.3, 0.4) is 0 Å². The first-order chi connectivity index (χ1) is 14.1. The summed E-state index contributed by atoms with van der Waals surface area (Å²) in [5.41, 5.74) is 1.52. The summed E-state index contributed by atoms with van der Waals surface area (Å²) in [6.45, 7) is 1.64. The molecule has 0 aliphatic carbocycles. The molecule has 2 rings (SSSR count). The number of benzene rings is 2. The predicted octanol–water partition coefficient (Wildman–Crippen LogP) is 2.01. The van der Waals surface area contributed by atoms with E-state index in [1.54, 1.807) is 20.3 Å². The average Bonchev–Trinajstić information content (AvgIpc) is 2.67. The number of carbonyl (C=O) groups is 2. The zero-order valence-corrected chi connectivity index (χ0v) is 18.1. The van der Waals surface area contributed by atoms with Gasteiger partial charge in [0.05, 0.1) is 31.7 Å². The van der Waals surface area contributed by atoms with Crippen molar-refractivity contribution in [1.29, 1.82) is 0 Å². The maximum absolute atomic E-state index is 12.7. The third kappa shape index (κ3) is 6.66. The van der Waals surface area contributed by atoms with E-state index in [1.807, 2.05) is 12.1 Å². The normalized spacial score (nSPS) is 10.8. The molecule has 2 aromatic carbocycles. The van der Waals surface area contributed by atoms with E-state index in [-0.39, 0.29) is 17.2 Å². The molecule has 162 valence electrons. The molecule has 2 amide bonds. The van der Waals surface area contributed by atoms with E-state index in [1.165, 1.54) is 25.1 Å². The third-order valence-electron chi connectivity index (χ3n) is 4.03. The summed E-state index contributed by atoms with van der Waals surface area (Å²) in [6, 6.07) is 9.81. The third-order valence-corrected chi connectivity index (χ3v) is 4.62. The van der Waals surface area contributed by atoms with Gasteiger partial charge in [0.15, 0.2) is 11.5 Å². The molecule has 0 fully saturated rings. The van der Waals surface area contributed by atoms with E-state index in [0.717, 1.165) is 11.8 Å². The number of ether oxygens (including phenoxy) is 2. The largest absolute Gasteiger partial charge is 0.493 e. The Labute approximate surface area is 175 Å². The van der Waals surface area contributed by atoms with Crippen molar-refractivity contribution in [3.63, 3.8) is 0 Å². The zero-order chi connectivity index (χ0) is 22.3. The lowest BCUT2D eigenvalue weighted by Gasteiger charge is -2.14. The highest BCUT2D eigenvalue weighted by atomic mass is 32.2. The number of carbonyl (C=O) groups excluding carboxylic acids is 2. The second-order valence-corrected chi connectivity index (χ2v) is 8.26. The van der Waals surface area contributed by atoms with Crippen molar-refractivity contribution in [1.82, 2.24) is 5.32 Å². The van der Waals surface area contributed by atoms with Gasteiger partial charge in [0.2, 0.25) is 15.9 Å².